The number of aliphatic hydroxyl groups is 1. The number of non-ortho nitro benzene ring substituents is 1. The second-order valence-corrected chi connectivity index (χ2v) is 3.73. The Balaban J connectivity index is 2.57. The standard InChI is InChI=1S/C12H17NO5/c1-17-12-9-10(13(15)16)5-6-11(12)18-8-4-2-3-7-14/h5-6,9,14H,2-4,7-8H2,1H3. The lowest BCUT2D eigenvalue weighted by Gasteiger charge is -2.10. The molecule has 100 valence electrons. The molecular formula is C12H17NO5. The molecule has 1 rings (SSSR count). The van der Waals surface area contributed by atoms with Crippen molar-refractivity contribution in [3.8, 4) is 11.5 Å². The molecule has 6 heteroatoms. The molecule has 1 N–H and O–H groups in total. The van der Waals surface area contributed by atoms with E-state index in [-0.39, 0.29) is 12.3 Å². The SMILES string of the molecule is COc1cc([N+](=O)[O-])ccc1OCCCCCO. The number of ether oxygens (including phenoxy) is 2. The maximum atomic E-state index is 10.6. The molecule has 0 aliphatic carbocycles. The van der Waals surface area contributed by atoms with Crippen molar-refractivity contribution in [1.82, 2.24) is 0 Å². The van der Waals surface area contributed by atoms with Gasteiger partial charge in [0.25, 0.3) is 5.69 Å². The summed E-state index contributed by atoms with van der Waals surface area (Å²) >= 11 is 0. The summed E-state index contributed by atoms with van der Waals surface area (Å²) in [4.78, 5) is 10.1. The van der Waals surface area contributed by atoms with E-state index in [0.29, 0.717) is 18.1 Å². The van der Waals surface area contributed by atoms with E-state index in [2.05, 4.69) is 0 Å². The van der Waals surface area contributed by atoms with E-state index < -0.39 is 4.92 Å². The van der Waals surface area contributed by atoms with Gasteiger partial charge in [-0.15, -0.1) is 0 Å². The van der Waals surface area contributed by atoms with Gasteiger partial charge in [0.15, 0.2) is 11.5 Å². The predicted octanol–water partition coefficient (Wildman–Crippen LogP) is 2.14. The van der Waals surface area contributed by atoms with Gasteiger partial charge in [-0.1, -0.05) is 0 Å². The fourth-order valence-corrected chi connectivity index (χ4v) is 1.46. The number of benzene rings is 1. The third-order valence-electron chi connectivity index (χ3n) is 2.42. The molecule has 0 aromatic heterocycles. The summed E-state index contributed by atoms with van der Waals surface area (Å²) in [6, 6.07) is 4.25. The highest BCUT2D eigenvalue weighted by molar-refractivity contribution is 5.48. The van der Waals surface area contributed by atoms with Crippen LogP contribution in [0.4, 0.5) is 5.69 Å². The van der Waals surface area contributed by atoms with Crippen LogP contribution in [0.15, 0.2) is 18.2 Å². The Morgan fingerprint density at radius 1 is 1.28 bits per heavy atom. The van der Waals surface area contributed by atoms with Crippen molar-refractivity contribution in [2.75, 3.05) is 20.3 Å². The second kappa shape index (κ2) is 7.50. The first-order chi connectivity index (χ1) is 8.69. The van der Waals surface area contributed by atoms with Crippen molar-refractivity contribution in [3.63, 3.8) is 0 Å². The van der Waals surface area contributed by atoms with Gasteiger partial charge in [0.1, 0.15) is 0 Å². The van der Waals surface area contributed by atoms with Crippen LogP contribution in [0.2, 0.25) is 0 Å². The molecule has 0 spiro atoms. The molecule has 0 heterocycles. The normalized spacial score (nSPS) is 10.1. The first-order valence-corrected chi connectivity index (χ1v) is 5.75. The van der Waals surface area contributed by atoms with Gasteiger partial charge in [-0.05, 0) is 25.3 Å². The summed E-state index contributed by atoms with van der Waals surface area (Å²) in [5.74, 6) is 0.846. The molecule has 0 amide bonds. The summed E-state index contributed by atoms with van der Waals surface area (Å²) < 4.78 is 10.5. The molecule has 0 aliphatic heterocycles. The highest BCUT2D eigenvalue weighted by Gasteiger charge is 2.11. The lowest BCUT2D eigenvalue weighted by Crippen LogP contribution is -2.00. The minimum absolute atomic E-state index is 0.0283. The topological polar surface area (TPSA) is 81.8 Å². The molecule has 0 radical (unpaired) electrons. The van der Waals surface area contributed by atoms with Crippen LogP contribution < -0.4 is 9.47 Å². The molecule has 0 bridgehead atoms. The molecule has 0 saturated heterocycles. The Bertz CT molecular complexity index is 394. The first-order valence-electron chi connectivity index (χ1n) is 5.75. The number of rotatable bonds is 8. The number of nitrogens with zero attached hydrogens (tertiary/aromatic N) is 1. The van der Waals surface area contributed by atoms with Crippen LogP contribution in [0.5, 0.6) is 11.5 Å². The average Bonchev–Trinajstić information content (AvgIpc) is 2.38. The van der Waals surface area contributed by atoms with Gasteiger partial charge in [0, 0.05) is 12.7 Å². The average molecular weight is 255 g/mol. The number of nitro groups is 1. The molecule has 0 aliphatic rings. The third kappa shape index (κ3) is 4.21. The lowest BCUT2D eigenvalue weighted by molar-refractivity contribution is -0.384. The Kier molecular flexibility index (Phi) is 5.93. The largest absolute Gasteiger partial charge is 0.493 e. The molecule has 1 aromatic rings. The molecule has 0 unspecified atom stereocenters. The highest BCUT2D eigenvalue weighted by Crippen LogP contribution is 2.31. The van der Waals surface area contributed by atoms with Gasteiger partial charge in [0.05, 0.1) is 24.7 Å². The van der Waals surface area contributed by atoms with Gasteiger partial charge >= 0.3 is 0 Å². The summed E-state index contributed by atoms with van der Waals surface area (Å²) in [6.45, 7) is 0.676. The Morgan fingerprint density at radius 3 is 2.67 bits per heavy atom. The fourth-order valence-electron chi connectivity index (χ4n) is 1.46. The van der Waals surface area contributed by atoms with Crippen molar-refractivity contribution in [1.29, 1.82) is 0 Å². The number of hydrogen-bond donors (Lipinski definition) is 1. The number of nitro benzene ring substituents is 1. The zero-order valence-corrected chi connectivity index (χ0v) is 10.3. The van der Waals surface area contributed by atoms with E-state index in [1.54, 1.807) is 0 Å². The Labute approximate surface area is 105 Å². The maximum absolute atomic E-state index is 10.6. The number of hydrogen-bond acceptors (Lipinski definition) is 5. The fraction of sp³-hybridized carbons (Fsp3) is 0.500. The van der Waals surface area contributed by atoms with Crippen molar-refractivity contribution in [2.24, 2.45) is 0 Å². The molecule has 0 fully saturated rings. The first kappa shape index (κ1) is 14.2. The highest BCUT2D eigenvalue weighted by atomic mass is 16.6. The zero-order valence-electron chi connectivity index (χ0n) is 10.3. The molecular weight excluding hydrogens is 238 g/mol. The molecule has 6 nitrogen and oxygen atoms in total. The summed E-state index contributed by atoms with van der Waals surface area (Å²) in [7, 11) is 1.44. The number of unbranched alkanes of at least 4 members (excludes halogenated alkanes) is 2. The van der Waals surface area contributed by atoms with E-state index >= 15 is 0 Å². The lowest BCUT2D eigenvalue weighted by atomic mass is 10.2. The quantitative estimate of drug-likeness (QED) is 0.437. The second-order valence-electron chi connectivity index (χ2n) is 3.73. The Hall–Kier alpha value is -1.82. The van der Waals surface area contributed by atoms with Crippen molar-refractivity contribution in [3.05, 3.63) is 28.3 Å². The Morgan fingerprint density at radius 2 is 2.06 bits per heavy atom. The van der Waals surface area contributed by atoms with E-state index in [1.807, 2.05) is 0 Å². The monoisotopic (exact) mass is 255 g/mol. The van der Waals surface area contributed by atoms with Gasteiger partial charge in [-0.3, -0.25) is 10.1 Å². The van der Waals surface area contributed by atoms with Crippen LogP contribution in [0.1, 0.15) is 19.3 Å². The minimum Gasteiger partial charge on any atom is -0.493 e. The molecule has 0 saturated carbocycles. The van der Waals surface area contributed by atoms with Crippen molar-refractivity contribution in [2.45, 2.75) is 19.3 Å². The zero-order chi connectivity index (χ0) is 13.4. The summed E-state index contributed by atoms with van der Waals surface area (Å²) in [6.07, 6.45) is 2.45. The molecule has 0 atom stereocenters. The van der Waals surface area contributed by atoms with E-state index in [1.165, 1.54) is 25.3 Å². The predicted molar refractivity (Wildman–Crippen MR) is 66.1 cm³/mol. The number of methoxy groups -OCH3 is 1. The van der Waals surface area contributed by atoms with Gasteiger partial charge in [0.2, 0.25) is 0 Å². The summed E-state index contributed by atoms with van der Waals surface area (Å²) in [5, 5.41) is 19.2. The summed E-state index contributed by atoms with van der Waals surface area (Å²) in [5.41, 5.74) is -0.0283. The van der Waals surface area contributed by atoms with Crippen molar-refractivity contribution >= 4 is 5.69 Å². The van der Waals surface area contributed by atoms with Crippen LogP contribution in [0, 0.1) is 10.1 Å². The van der Waals surface area contributed by atoms with E-state index in [0.717, 1.165) is 19.3 Å². The molecule has 1 aromatic carbocycles. The van der Waals surface area contributed by atoms with Crippen LogP contribution in [0.3, 0.4) is 0 Å². The van der Waals surface area contributed by atoms with Gasteiger partial charge in [-0.2, -0.15) is 0 Å². The van der Waals surface area contributed by atoms with E-state index in [9.17, 15) is 10.1 Å². The van der Waals surface area contributed by atoms with E-state index in [4.69, 9.17) is 14.6 Å². The van der Waals surface area contributed by atoms with Gasteiger partial charge < -0.3 is 14.6 Å². The number of aliphatic hydroxyl groups excluding tert-OH is 1. The van der Waals surface area contributed by atoms with Crippen LogP contribution in [0.25, 0.3) is 0 Å². The maximum Gasteiger partial charge on any atom is 0.273 e. The third-order valence-corrected chi connectivity index (χ3v) is 2.42. The van der Waals surface area contributed by atoms with Crippen LogP contribution in [-0.2, 0) is 0 Å². The van der Waals surface area contributed by atoms with Crippen molar-refractivity contribution < 1.29 is 19.5 Å². The van der Waals surface area contributed by atoms with Crippen LogP contribution in [-0.4, -0.2) is 30.4 Å². The minimum atomic E-state index is -0.479. The smallest absolute Gasteiger partial charge is 0.273 e. The van der Waals surface area contributed by atoms with Crippen LogP contribution >= 0.6 is 0 Å². The molecule has 18 heavy (non-hydrogen) atoms. The van der Waals surface area contributed by atoms with Gasteiger partial charge in [-0.25, -0.2) is 0 Å².